The molecule has 29 heavy (non-hydrogen) atoms. The summed E-state index contributed by atoms with van der Waals surface area (Å²) in [4.78, 5) is 19.8. The fourth-order valence-electron chi connectivity index (χ4n) is 3.14. The number of thioether (sulfide) groups is 1. The highest BCUT2D eigenvalue weighted by atomic mass is 35.5. The van der Waals surface area contributed by atoms with Gasteiger partial charge in [0.2, 0.25) is 5.58 Å². The Morgan fingerprint density at radius 1 is 1.14 bits per heavy atom. The summed E-state index contributed by atoms with van der Waals surface area (Å²) < 4.78 is 7.53. The van der Waals surface area contributed by atoms with E-state index >= 15 is 0 Å². The highest BCUT2D eigenvalue weighted by Gasteiger charge is 2.15. The van der Waals surface area contributed by atoms with E-state index in [0.717, 1.165) is 21.9 Å². The lowest BCUT2D eigenvalue weighted by atomic mass is 10.2. The molecule has 9 heteroatoms. The van der Waals surface area contributed by atoms with Crippen LogP contribution in [0.15, 0.2) is 62.9 Å². The van der Waals surface area contributed by atoms with E-state index < -0.39 is 0 Å². The SMILES string of the molecule is Cn1c(SCc2nc3c(oc4ccccc43)c(=O)[nH]2)nnc1-c1ccc(Cl)cc1. The second-order valence-electron chi connectivity index (χ2n) is 6.45. The van der Waals surface area contributed by atoms with Gasteiger partial charge in [0.05, 0.1) is 5.75 Å². The largest absolute Gasteiger partial charge is 0.449 e. The summed E-state index contributed by atoms with van der Waals surface area (Å²) in [5.74, 6) is 1.73. The maximum atomic E-state index is 12.4. The molecule has 3 aromatic heterocycles. The summed E-state index contributed by atoms with van der Waals surface area (Å²) in [5.41, 5.74) is 2.09. The lowest BCUT2D eigenvalue weighted by Gasteiger charge is -2.04. The zero-order valence-corrected chi connectivity index (χ0v) is 16.8. The number of aromatic amines is 1. The van der Waals surface area contributed by atoms with Crippen molar-refractivity contribution in [2.75, 3.05) is 0 Å². The van der Waals surface area contributed by atoms with Crippen molar-refractivity contribution in [3.8, 4) is 11.4 Å². The second kappa shape index (κ2) is 7.06. The molecular formula is C20H14ClN5O2S. The second-order valence-corrected chi connectivity index (χ2v) is 7.83. The molecule has 0 atom stereocenters. The fourth-order valence-corrected chi connectivity index (χ4v) is 4.05. The van der Waals surface area contributed by atoms with Gasteiger partial charge in [-0.15, -0.1) is 10.2 Å². The third-order valence-electron chi connectivity index (χ3n) is 4.56. The first-order chi connectivity index (χ1) is 14.1. The van der Waals surface area contributed by atoms with Crippen molar-refractivity contribution in [1.82, 2.24) is 24.7 Å². The van der Waals surface area contributed by atoms with Crippen molar-refractivity contribution >= 4 is 45.4 Å². The van der Waals surface area contributed by atoms with E-state index in [9.17, 15) is 4.79 Å². The van der Waals surface area contributed by atoms with Crippen LogP contribution in [0.25, 0.3) is 33.5 Å². The average Bonchev–Trinajstić information content (AvgIpc) is 3.28. The molecule has 144 valence electrons. The quantitative estimate of drug-likeness (QED) is 0.430. The molecule has 0 unspecified atom stereocenters. The molecule has 0 aliphatic carbocycles. The lowest BCUT2D eigenvalue weighted by molar-refractivity contribution is 0.660. The molecular weight excluding hydrogens is 410 g/mol. The predicted octanol–water partition coefficient (Wildman–Crippen LogP) is 4.41. The highest BCUT2D eigenvalue weighted by molar-refractivity contribution is 7.98. The van der Waals surface area contributed by atoms with E-state index in [1.807, 2.05) is 60.1 Å². The number of aromatic nitrogens is 5. The van der Waals surface area contributed by atoms with Crippen LogP contribution < -0.4 is 5.56 Å². The zero-order valence-electron chi connectivity index (χ0n) is 15.2. The van der Waals surface area contributed by atoms with Crippen LogP contribution in [0.2, 0.25) is 5.02 Å². The molecule has 0 fully saturated rings. The number of hydrogen-bond acceptors (Lipinski definition) is 6. The molecule has 0 aliphatic rings. The minimum atomic E-state index is -0.290. The number of nitrogens with zero attached hydrogens (tertiary/aromatic N) is 4. The van der Waals surface area contributed by atoms with Crippen molar-refractivity contribution in [1.29, 1.82) is 0 Å². The van der Waals surface area contributed by atoms with Gasteiger partial charge < -0.3 is 14.0 Å². The summed E-state index contributed by atoms with van der Waals surface area (Å²) in [6, 6.07) is 14.9. The monoisotopic (exact) mass is 423 g/mol. The topological polar surface area (TPSA) is 89.6 Å². The van der Waals surface area contributed by atoms with Gasteiger partial charge in [0.25, 0.3) is 5.56 Å². The number of fused-ring (bicyclic) bond motifs is 3. The number of H-pyrrole nitrogens is 1. The van der Waals surface area contributed by atoms with Gasteiger partial charge in [0.15, 0.2) is 11.0 Å². The maximum Gasteiger partial charge on any atom is 0.294 e. The molecule has 0 radical (unpaired) electrons. The van der Waals surface area contributed by atoms with E-state index in [-0.39, 0.29) is 11.1 Å². The van der Waals surface area contributed by atoms with Gasteiger partial charge in [-0.05, 0) is 36.4 Å². The molecule has 0 spiro atoms. The summed E-state index contributed by atoms with van der Waals surface area (Å²) >= 11 is 7.40. The lowest BCUT2D eigenvalue weighted by Crippen LogP contribution is -2.10. The van der Waals surface area contributed by atoms with Gasteiger partial charge in [-0.1, -0.05) is 35.5 Å². The van der Waals surface area contributed by atoms with Crippen molar-refractivity contribution < 1.29 is 4.42 Å². The molecule has 5 aromatic rings. The Morgan fingerprint density at radius 2 is 1.93 bits per heavy atom. The molecule has 0 saturated heterocycles. The van der Waals surface area contributed by atoms with E-state index in [2.05, 4.69) is 20.2 Å². The van der Waals surface area contributed by atoms with Gasteiger partial charge in [-0.3, -0.25) is 4.79 Å². The Balaban J connectivity index is 1.44. The van der Waals surface area contributed by atoms with Crippen LogP contribution >= 0.6 is 23.4 Å². The third kappa shape index (κ3) is 3.20. The normalized spacial score (nSPS) is 11.5. The first-order valence-corrected chi connectivity index (χ1v) is 10.1. The van der Waals surface area contributed by atoms with Gasteiger partial charge >= 0.3 is 0 Å². The van der Waals surface area contributed by atoms with Crippen LogP contribution in [-0.2, 0) is 12.8 Å². The van der Waals surface area contributed by atoms with Crippen molar-refractivity contribution in [2.24, 2.45) is 7.05 Å². The van der Waals surface area contributed by atoms with E-state index in [0.29, 0.717) is 27.7 Å². The van der Waals surface area contributed by atoms with Crippen LogP contribution in [-0.4, -0.2) is 24.7 Å². The molecule has 3 heterocycles. The van der Waals surface area contributed by atoms with E-state index in [1.165, 1.54) is 11.8 Å². The summed E-state index contributed by atoms with van der Waals surface area (Å²) in [6.45, 7) is 0. The van der Waals surface area contributed by atoms with Crippen LogP contribution in [0.1, 0.15) is 5.82 Å². The van der Waals surface area contributed by atoms with E-state index in [4.69, 9.17) is 16.0 Å². The minimum Gasteiger partial charge on any atom is -0.449 e. The molecule has 2 aromatic carbocycles. The Hall–Kier alpha value is -3.10. The number of benzene rings is 2. The molecule has 0 amide bonds. The minimum absolute atomic E-state index is 0.239. The predicted molar refractivity (Wildman–Crippen MR) is 113 cm³/mol. The summed E-state index contributed by atoms with van der Waals surface area (Å²) in [5, 5.41) is 10.7. The van der Waals surface area contributed by atoms with Crippen LogP contribution in [0, 0.1) is 0 Å². The number of nitrogens with one attached hydrogen (secondary N) is 1. The summed E-state index contributed by atoms with van der Waals surface area (Å²) in [7, 11) is 1.90. The van der Waals surface area contributed by atoms with E-state index in [1.54, 1.807) is 0 Å². The standard InChI is InChI=1S/C20H14ClN5O2S/c1-26-18(11-6-8-12(21)9-7-11)24-25-20(26)29-10-15-22-16-13-4-2-3-5-14(13)28-17(16)19(27)23-15/h2-9H,10H2,1H3,(H,22,23,27). The van der Waals surface area contributed by atoms with Gasteiger partial charge in [-0.2, -0.15) is 0 Å². The van der Waals surface area contributed by atoms with Gasteiger partial charge in [0.1, 0.15) is 16.9 Å². The third-order valence-corrected chi connectivity index (χ3v) is 5.84. The van der Waals surface area contributed by atoms with Gasteiger partial charge in [-0.25, -0.2) is 4.98 Å². The summed E-state index contributed by atoms with van der Waals surface area (Å²) in [6.07, 6.45) is 0. The zero-order chi connectivity index (χ0) is 20.0. The number of halogens is 1. The fraction of sp³-hybridized carbons (Fsp3) is 0.100. The molecule has 0 saturated carbocycles. The Morgan fingerprint density at radius 3 is 2.76 bits per heavy atom. The highest BCUT2D eigenvalue weighted by Crippen LogP contribution is 2.27. The number of rotatable bonds is 4. The molecule has 7 nitrogen and oxygen atoms in total. The number of furan rings is 1. The molecule has 5 rings (SSSR count). The maximum absolute atomic E-state index is 12.4. The Bertz CT molecular complexity index is 1400. The first-order valence-electron chi connectivity index (χ1n) is 8.79. The average molecular weight is 424 g/mol. The van der Waals surface area contributed by atoms with Crippen molar-refractivity contribution in [2.45, 2.75) is 10.9 Å². The first kappa shape index (κ1) is 18.0. The van der Waals surface area contributed by atoms with Crippen LogP contribution in [0.3, 0.4) is 0 Å². The van der Waals surface area contributed by atoms with Gasteiger partial charge in [0, 0.05) is 23.0 Å². The Labute approximate surface area is 173 Å². The molecule has 0 aliphatic heterocycles. The van der Waals surface area contributed by atoms with Crippen molar-refractivity contribution in [3.05, 3.63) is 69.7 Å². The Kier molecular flexibility index (Phi) is 4.37. The van der Waals surface area contributed by atoms with Crippen molar-refractivity contribution in [3.63, 3.8) is 0 Å². The van der Waals surface area contributed by atoms with Crippen LogP contribution in [0.4, 0.5) is 0 Å². The smallest absolute Gasteiger partial charge is 0.294 e. The molecule has 1 N–H and O–H groups in total. The molecule has 0 bridgehead atoms. The number of hydrogen-bond donors (Lipinski definition) is 1. The van der Waals surface area contributed by atoms with Crippen LogP contribution in [0.5, 0.6) is 0 Å². The number of para-hydroxylation sites is 1.